The number of nitrogens with zero attached hydrogens (tertiary/aromatic N) is 3. The van der Waals surface area contributed by atoms with E-state index >= 15 is 0 Å². The average molecular weight is 333 g/mol. The maximum absolute atomic E-state index is 12.1. The summed E-state index contributed by atoms with van der Waals surface area (Å²) in [6.07, 6.45) is 1.51. The lowest BCUT2D eigenvalue weighted by molar-refractivity contribution is 0.221. The first-order valence-corrected chi connectivity index (χ1v) is 7.74. The summed E-state index contributed by atoms with van der Waals surface area (Å²) in [7, 11) is 1.74. The van der Waals surface area contributed by atoms with Crippen molar-refractivity contribution in [3.05, 3.63) is 36.4 Å². The van der Waals surface area contributed by atoms with Crippen LogP contribution < -0.4 is 15.4 Å². The van der Waals surface area contributed by atoms with Gasteiger partial charge in [-0.1, -0.05) is 19.9 Å². The molecule has 0 bridgehead atoms. The summed E-state index contributed by atoms with van der Waals surface area (Å²) in [4.78, 5) is 12.1. The number of aryl methyl sites for hydroxylation is 1. The third-order valence-electron chi connectivity index (χ3n) is 3.22. The molecular weight excluding hydrogens is 310 g/mol. The highest BCUT2D eigenvalue weighted by molar-refractivity contribution is 5.89. The molecule has 0 radical (unpaired) electrons. The van der Waals surface area contributed by atoms with Gasteiger partial charge in [0, 0.05) is 18.8 Å². The number of urea groups is 1. The fourth-order valence-corrected chi connectivity index (χ4v) is 2.05. The van der Waals surface area contributed by atoms with Crippen LogP contribution in [0, 0.1) is 5.92 Å². The maximum atomic E-state index is 12.1. The van der Waals surface area contributed by atoms with Gasteiger partial charge in [-0.15, -0.1) is 10.2 Å². The van der Waals surface area contributed by atoms with Crippen LogP contribution in [0.5, 0.6) is 5.75 Å². The number of aliphatic hydroxyl groups is 1. The Balaban J connectivity index is 1.96. The molecular formula is C16H23N5O3. The van der Waals surface area contributed by atoms with Crippen LogP contribution in [-0.4, -0.2) is 39.1 Å². The molecule has 0 saturated carbocycles. The Morgan fingerprint density at radius 1 is 1.42 bits per heavy atom. The van der Waals surface area contributed by atoms with E-state index in [1.54, 1.807) is 29.8 Å². The van der Waals surface area contributed by atoms with Crippen molar-refractivity contribution in [3.8, 4) is 5.75 Å². The number of nitrogens with one attached hydrogen (secondary N) is 2. The Kier molecular flexibility index (Phi) is 6.14. The second-order valence-electron chi connectivity index (χ2n) is 5.87. The van der Waals surface area contributed by atoms with E-state index in [0.29, 0.717) is 29.8 Å². The minimum atomic E-state index is -0.641. The zero-order valence-corrected chi connectivity index (χ0v) is 14.1. The number of amides is 2. The van der Waals surface area contributed by atoms with Crippen LogP contribution in [0.15, 0.2) is 30.6 Å². The molecule has 0 aliphatic heterocycles. The van der Waals surface area contributed by atoms with E-state index < -0.39 is 12.1 Å². The number of aromatic nitrogens is 3. The monoisotopic (exact) mass is 333 g/mol. The molecule has 2 rings (SSSR count). The number of carbonyl (C=O) groups excluding carboxylic acids is 1. The predicted octanol–water partition coefficient (Wildman–Crippen LogP) is 1.70. The quantitative estimate of drug-likeness (QED) is 0.716. The van der Waals surface area contributed by atoms with E-state index in [0.717, 1.165) is 0 Å². The molecule has 8 heteroatoms. The fraction of sp³-hybridized carbons (Fsp3) is 0.438. The number of hydrogen-bond acceptors (Lipinski definition) is 5. The normalized spacial score (nSPS) is 12.0. The van der Waals surface area contributed by atoms with Crippen molar-refractivity contribution in [3.63, 3.8) is 0 Å². The van der Waals surface area contributed by atoms with Gasteiger partial charge >= 0.3 is 6.03 Å². The molecule has 0 aliphatic carbocycles. The lowest BCUT2D eigenvalue weighted by Crippen LogP contribution is -2.35. The smallest absolute Gasteiger partial charge is 0.319 e. The molecule has 0 spiro atoms. The summed E-state index contributed by atoms with van der Waals surface area (Å²) in [5, 5.41) is 22.5. The molecule has 2 amide bonds. The molecule has 1 atom stereocenters. The topological polar surface area (TPSA) is 101 Å². The van der Waals surface area contributed by atoms with Crippen LogP contribution in [0.4, 0.5) is 10.5 Å². The highest BCUT2D eigenvalue weighted by Crippen LogP contribution is 2.18. The molecule has 24 heavy (non-hydrogen) atoms. The minimum Gasteiger partial charge on any atom is -0.493 e. The Hall–Kier alpha value is -2.61. The van der Waals surface area contributed by atoms with Gasteiger partial charge in [-0.3, -0.25) is 0 Å². The highest BCUT2D eigenvalue weighted by Gasteiger charge is 2.18. The lowest BCUT2D eigenvalue weighted by Gasteiger charge is -2.16. The van der Waals surface area contributed by atoms with Crippen LogP contribution in [0.2, 0.25) is 0 Å². The Bertz CT molecular complexity index is 671. The lowest BCUT2D eigenvalue weighted by atomic mass is 10.2. The molecule has 130 valence electrons. The van der Waals surface area contributed by atoms with Gasteiger partial charge in [0.15, 0.2) is 5.82 Å². The zero-order chi connectivity index (χ0) is 17.5. The van der Waals surface area contributed by atoms with Crippen LogP contribution in [0.25, 0.3) is 0 Å². The number of benzene rings is 1. The van der Waals surface area contributed by atoms with Crippen LogP contribution in [0.1, 0.15) is 25.7 Å². The second-order valence-corrected chi connectivity index (χ2v) is 5.87. The van der Waals surface area contributed by atoms with Crippen LogP contribution >= 0.6 is 0 Å². The SMILES string of the molecule is CC(C)COc1cccc(NC(=O)NC(CO)c2nncn2C)c1. The molecule has 0 fully saturated rings. The summed E-state index contributed by atoms with van der Waals surface area (Å²) >= 11 is 0. The van der Waals surface area contributed by atoms with Gasteiger partial charge in [0.05, 0.1) is 13.2 Å². The number of anilines is 1. The number of ether oxygens (including phenoxy) is 1. The van der Waals surface area contributed by atoms with Gasteiger partial charge in [-0.2, -0.15) is 0 Å². The summed E-state index contributed by atoms with van der Waals surface area (Å²) in [6.45, 7) is 4.46. The molecule has 0 aliphatic rings. The predicted molar refractivity (Wildman–Crippen MR) is 89.8 cm³/mol. The molecule has 8 nitrogen and oxygen atoms in total. The summed E-state index contributed by atoms with van der Waals surface area (Å²) < 4.78 is 7.27. The number of rotatable bonds is 7. The van der Waals surface area contributed by atoms with Crippen molar-refractivity contribution >= 4 is 11.7 Å². The summed E-state index contributed by atoms with van der Waals surface area (Å²) in [5.74, 6) is 1.58. The largest absolute Gasteiger partial charge is 0.493 e. The van der Waals surface area contributed by atoms with Gasteiger partial charge in [-0.25, -0.2) is 4.79 Å². The first kappa shape index (κ1) is 17.7. The Labute approximate surface area is 140 Å². The van der Waals surface area contributed by atoms with Crippen molar-refractivity contribution < 1.29 is 14.6 Å². The average Bonchev–Trinajstić information content (AvgIpc) is 2.97. The molecule has 1 unspecified atom stereocenters. The van der Waals surface area contributed by atoms with Crippen molar-refractivity contribution in [1.29, 1.82) is 0 Å². The number of hydrogen-bond donors (Lipinski definition) is 3. The van der Waals surface area contributed by atoms with Gasteiger partial charge in [-0.05, 0) is 18.1 Å². The number of carbonyl (C=O) groups is 1. The zero-order valence-electron chi connectivity index (χ0n) is 14.1. The molecule has 1 heterocycles. The molecule has 0 saturated heterocycles. The van der Waals surface area contributed by atoms with Crippen molar-refractivity contribution in [1.82, 2.24) is 20.1 Å². The summed E-state index contributed by atoms with van der Waals surface area (Å²) in [6, 6.07) is 6.06. The Morgan fingerprint density at radius 3 is 2.83 bits per heavy atom. The third kappa shape index (κ3) is 4.95. The van der Waals surface area contributed by atoms with Gasteiger partial charge in [0.2, 0.25) is 0 Å². The molecule has 1 aromatic heterocycles. The standard InChI is InChI=1S/C16H23N5O3/c1-11(2)9-24-13-6-4-5-12(7-13)18-16(23)19-14(8-22)15-20-17-10-21(15)3/h4-7,10-11,14,22H,8-9H2,1-3H3,(H2,18,19,23). The first-order chi connectivity index (χ1) is 11.5. The second kappa shape index (κ2) is 8.30. The van der Waals surface area contributed by atoms with E-state index in [2.05, 4.69) is 34.7 Å². The maximum Gasteiger partial charge on any atom is 0.319 e. The van der Waals surface area contributed by atoms with E-state index in [4.69, 9.17) is 4.74 Å². The molecule has 2 aromatic rings. The van der Waals surface area contributed by atoms with Crippen molar-refractivity contribution in [2.45, 2.75) is 19.9 Å². The van der Waals surface area contributed by atoms with Gasteiger partial charge in [0.25, 0.3) is 0 Å². The van der Waals surface area contributed by atoms with E-state index in [1.165, 1.54) is 6.33 Å². The van der Waals surface area contributed by atoms with Crippen molar-refractivity contribution in [2.75, 3.05) is 18.5 Å². The van der Waals surface area contributed by atoms with E-state index in [9.17, 15) is 9.90 Å². The third-order valence-corrected chi connectivity index (χ3v) is 3.22. The van der Waals surface area contributed by atoms with Crippen LogP contribution in [0.3, 0.4) is 0 Å². The number of aliphatic hydroxyl groups excluding tert-OH is 1. The van der Waals surface area contributed by atoms with E-state index in [1.807, 2.05) is 6.07 Å². The van der Waals surface area contributed by atoms with Gasteiger partial charge < -0.3 is 25.0 Å². The van der Waals surface area contributed by atoms with Crippen LogP contribution in [-0.2, 0) is 7.05 Å². The highest BCUT2D eigenvalue weighted by atomic mass is 16.5. The van der Waals surface area contributed by atoms with Crippen molar-refractivity contribution in [2.24, 2.45) is 13.0 Å². The minimum absolute atomic E-state index is 0.280. The first-order valence-electron chi connectivity index (χ1n) is 7.74. The van der Waals surface area contributed by atoms with Gasteiger partial charge in [0.1, 0.15) is 18.1 Å². The van der Waals surface area contributed by atoms with E-state index in [-0.39, 0.29) is 6.61 Å². The Morgan fingerprint density at radius 2 is 2.21 bits per heavy atom. The molecule has 3 N–H and O–H groups in total. The summed E-state index contributed by atoms with van der Waals surface area (Å²) in [5.41, 5.74) is 0.600. The molecule has 1 aromatic carbocycles. The fourth-order valence-electron chi connectivity index (χ4n) is 2.05.